The van der Waals surface area contributed by atoms with Crippen molar-refractivity contribution in [1.29, 1.82) is 0 Å². The minimum Gasteiger partial charge on any atom is -0.497 e. The maximum absolute atomic E-state index is 13.2. The molecule has 0 atom stereocenters. The van der Waals surface area contributed by atoms with E-state index in [9.17, 15) is 9.90 Å². The Balaban J connectivity index is 1.93. The number of nitrogens with zero attached hydrogens (tertiary/aromatic N) is 2. The number of aromatic hydroxyl groups is 1. The lowest BCUT2D eigenvalue weighted by Gasteiger charge is -2.14. The summed E-state index contributed by atoms with van der Waals surface area (Å²) in [6.45, 7) is 1.97. The second-order valence-corrected chi connectivity index (χ2v) is 7.05. The van der Waals surface area contributed by atoms with E-state index in [0.29, 0.717) is 39.2 Å². The highest BCUT2D eigenvalue weighted by atomic mass is 16.5. The van der Waals surface area contributed by atoms with E-state index in [1.807, 2.05) is 25.1 Å². The van der Waals surface area contributed by atoms with Crippen LogP contribution in [0, 0.1) is 6.92 Å². The van der Waals surface area contributed by atoms with Crippen molar-refractivity contribution in [2.45, 2.75) is 6.92 Å². The molecular formula is C25H22N2O4. The Hall–Kier alpha value is -4.06. The molecule has 0 aliphatic heterocycles. The SMILES string of the molecule is COc1ccc(N=Cc2c(O)n(-c3ccc(C)cc3)c(=O)c3ccccc23)c(OC)c1. The van der Waals surface area contributed by atoms with Crippen LogP contribution in [0.2, 0.25) is 0 Å². The van der Waals surface area contributed by atoms with Crippen LogP contribution in [-0.4, -0.2) is 30.1 Å². The Bertz CT molecular complexity index is 1340. The zero-order valence-electron chi connectivity index (χ0n) is 17.5. The maximum Gasteiger partial charge on any atom is 0.265 e. The molecule has 0 aliphatic rings. The Morgan fingerprint density at radius 2 is 1.65 bits per heavy atom. The topological polar surface area (TPSA) is 73.0 Å². The van der Waals surface area contributed by atoms with Crippen LogP contribution in [0.4, 0.5) is 5.69 Å². The summed E-state index contributed by atoms with van der Waals surface area (Å²) >= 11 is 0. The van der Waals surface area contributed by atoms with Gasteiger partial charge in [-0.3, -0.25) is 9.79 Å². The predicted molar refractivity (Wildman–Crippen MR) is 123 cm³/mol. The smallest absolute Gasteiger partial charge is 0.265 e. The number of pyridine rings is 1. The van der Waals surface area contributed by atoms with Gasteiger partial charge in [-0.05, 0) is 37.3 Å². The molecule has 0 aliphatic carbocycles. The number of benzene rings is 3. The molecule has 31 heavy (non-hydrogen) atoms. The third-order valence-electron chi connectivity index (χ3n) is 5.12. The van der Waals surface area contributed by atoms with Crippen LogP contribution in [-0.2, 0) is 0 Å². The number of aromatic nitrogens is 1. The molecule has 1 aromatic heterocycles. The van der Waals surface area contributed by atoms with Gasteiger partial charge in [0.05, 0.1) is 25.5 Å². The fourth-order valence-electron chi connectivity index (χ4n) is 3.45. The van der Waals surface area contributed by atoms with Gasteiger partial charge in [-0.15, -0.1) is 0 Å². The molecular weight excluding hydrogens is 392 g/mol. The van der Waals surface area contributed by atoms with Gasteiger partial charge >= 0.3 is 0 Å². The molecule has 0 saturated carbocycles. The second-order valence-electron chi connectivity index (χ2n) is 7.05. The standard InChI is InChI=1S/C25H22N2O4/c1-16-8-10-17(11-9-16)27-24(28)20-7-5-4-6-19(20)21(25(27)29)15-26-22-13-12-18(30-2)14-23(22)31-3/h4-15,29H,1-3H3. The van der Waals surface area contributed by atoms with E-state index in [0.717, 1.165) is 5.56 Å². The average Bonchev–Trinajstić information content (AvgIpc) is 2.80. The summed E-state index contributed by atoms with van der Waals surface area (Å²) in [5, 5.41) is 12.2. The number of aliphatic imine (C=N–C) groups is 1. The number of rotatable bonds is 5. The van der Waals surface area contributed by atoms with Gasteiger partial charge in [0.1, 0.15) is 17.2 Å². The van der Waals surface area contributed by atoms with Crippen LogP contribution >= 0.6 is 0 Å². The van der Waals surface area contributed by atoms with E-state index in [1.165, 1.54) is 4.57 Å². The minimum absolute atomic E-state index is 0.177. The van der Waals surface area contributed by atoms with Crippen LogP contribution < -0.4 is 15.0 Å². The fourth-order valence-corrected chi connectivity index (χ4v) is 3.45. The quantitative estimate of drug-likeness (QED) is 0.477. The lowest BCUT2D eigenvalue weighted by atomic mass is 10.1. The molecule has 6 heteroatoms. The highest BCUT2D eigenvalue weighted by molar-refractivity contribution is 6.02. The van der Waals surface area contributed by atoms with Crippen LogP contribution in [0.25, 0.3) is 16.5 Å². The second kappa shape index (κ2) is 8.36. The van der Waals surface area contributed by atoms with E-state index < -0.39 is 0 Å². The molecule has 0 fully saturated rings. The molecule has 4 rings (SSSR count). The molecule has 1 N–H and O–H groups in total. The summed E-state index contributed by atoms with van der Waals surface area (Å²) in [7, 11) is 3.13. The van der Waals surface area contributed by atoms with Gasteiger partial charge in [0, 0.05) is 23.1 Å². The third kappa shape index (κ3) is 3.75. The van der Waals surface area contributed by atoms with Gasteiger partial charge in [-0.1, -0.05) is 35.9 Å². The molecule has 0 amide bonds. The molecule has 0 spiro atoms. The number of hydrogen-bond donors (Lipinski definition) is 1. The Morgan fingerprint density at radius 1 is 0.935 bits per heavy atom. The first-order chi connectivity index (χ1) is 15.0. The van der Waals surface area contributed by atoms with Gasteiger partial charge in [0.2, 0.25) is 5.88 Å². The number of ether oxygens (including phenoxy) is 2. The van der Waals surface area contributed by atoms with Crippen LogP contribution in [0.3, 0.4) is 0 Å². The van der Waals surface area contributed by atoms with Crippen LogP contribution in [0.1, 0.15) is 11.1 Å². The monoisotopic (exact) mass is 414 g/mol. The van der Waals surface area contributed by atoms with Crippen molar-refractivity contribution in [3.05, 3.63) is 88.2 Å². The van der Waals surface area contributed by atoms with Crippen molar-refractivity contribution in [1.82, 2.24) is 4.57 Å². The molecule has 0 radical (unpaired) electrons. The zero-order chi connectivity index (χ0) is 22.0. The molecule has 6 nitrogen and oxygen atoms in total. The van der Waals surface area contributed by atoms with E-state index in [2.05, 4.69) is 4.99 Å². The Morgan fingerprint density at radius 3 is 2.32 bits per heavy atom. The molecule has 4 aromatic rings. The van der Waals surface area contributed by atoms with Gasteiger partial charge < -0.3 is 14.6 Å². The molecule has 0 bridgehead atoms. The molecule has 156 valence electrons. The number of methoxy groups -OCH3 is 2. The largest absolute Gasteiger partial charge is 0.497 e. The fraction of sp³-hybridized carbons (Fsp3) is 0.120. The summed E-state index contributed by atoms with van der Waals surface area (Å²) in [4.78, 5) is 17.7. The Labute approximate surface area is 179 Å². The van der Waals surface area contributed by atoms with Crippen molar-refractivity contribution in [2.24, 2.45) is 4.99 Å². The van der Waals surface area contributed by atoms with Crippen molar-refractivity contribution in [3.8, 4) is 23.1 Å². The third-order valence-corrected chi connectivity index (χ3v) is 5.12. The van der Waals surface area contributed by atoms with Crippen molar-refractivity contribution in [3.63, 3.8) is 0 Å². The van der Waals surface area contributed by atoms with Crippen molar-refractivity contribution in [2.75, 3.05) is 14.2 Å². The lowest BCUT2D eigenvalue weighted by Crippen LogP contribution is -2.20. The molecule has 0 saturated heterocycles. The summed E-state index contributed by atoms with van der Waals surface area (Å²) in [5.41, 5.74) is 2.35. The summed E-state index contributed by atoms with van der Waals surface area (Å²) < 4.78 is 11.9. The predicted octanol–water partition coefficient (Wildman–Crippen LogP) is 4.77. The summed E-state index contributed by atoms with van der Waals surface area (Å²) in [5.74, 6) is 1.01. The van der Waals surface area contributed by atoms with Crippen molar-refractivity contribution < 1.29 is 14.6 Å². The van der Waals surface area contributed by atoms with E-state index in [1.54, 1.807) is 69.0 Å². The van der Waals surface area contributed by atoms with Gasteiger partial charge in [-0.2, -0.15) is 0 Å². The highest BCUT2D eigenvalue weighted by Crippen LogP contribution is 2.32. The summed E-state index contributed by atoms with van der Waals surface area (Å²) in [6.07, 6.45) is 1.55. The first kappa shape index (κ1) is 20.2. The van der Waals surface area contributed by atoms with E-state index in [-0.39, 0.29) is 11.4 Å². The van der Waals surface area contributed by atoms with Gasteiger partial charge in [-0.25, -0.2) is 4.57 Å². The summed E-state index contributed by atoms with van der Waals surface area (Å²) in [6, 6.07) is 19.8. The normalized spacial score (nSPS) is 11.2. The zero-order valence-corrected chi connectivity index (χ0v) is 17.5. The van der Waals surface area contributed by atoms with Crippen LogP contribution in [0.15, 0.2) is 76.5 Å². The average molecular weight is 414 g/mol. The molecule has 3 aromatic carbocycles. The number of aryl methyl sites for hydroxylation is 1. The van der Waals surface area contributed by atoms with Gasteiger partial charge in [0.25, 0.3) is 5.56 Å². The maximum atomic E-state index is 13.2. The lowest BCUT2D eigenvalue weighted by molar-refractivity contribution is 0.395. The van der Waals surface area contributed by atoms with Crippen molar-refractivity contribution >= 4 is 22.7 Å². The first-order valence-corrected chi connectivity index (χ1v) is 9.73. The Kier molecular flexibility index (Phi) is 5.45. The van der Waals surface area contributed by atoms with E-state index in [4.69, 9.17) is 9.47 Å². The van der Waals surface area contributed by atoms with Crippen LogP contribution in [0.5, 0.6) is 17.4 Å². The van der Waals surface area contributed by atoms with E-state index >= 15 is 0 Å². The number of fused-ring (bicyclic) bond motifs is 1. The molecule has 0 unspecified atom stereocenters. The number of hydrogen-bond acceptors (Lipinski definition) is 5. The highest BCUT2D eigenvalue weighted by Gasteiger charge is 2.16. The molecule has 1 heterocycles. The van der Waals surface area contributed by atoms with Gasteiger partial charge in [0.15, 0.2) is 0 Å². The first-order valence-electron chi connectivity index (χ1n) is 9.73. The minimum atomic E-state index is -0.295.